The molecular formula is C18H35N3O3. The van der Waals surface area contributed by atoms with Gasteiger partial charge >= 0.3 is 6.09 Å². The second-order valence-corrected chi connectivity index (χ2v) is 8.00. The Balaban J connectivity index is 2.83. The smallest absolute Gasteiger partial charge is 0.410 e. The molecule has 1 fully saturated rings. The Morgan fingerprint density at radius 1 is 1.25 bits per heavy atom. The number of nitrogens with zero attached hydrogens (tertiary/aromatic N) is 1. The largest absolute Gasteiger partial charge is 0.444 e. The van der Waals surface area contributed by atoms with Gasteiger partial charge < -0.3 is 20.7 Å². The van der Waals surface area contributed by atoms with Crippen LogP contribution < -0.4 is 11.1 Å². The highest BCUT2D eigenvalue weighted by atomic mass is 16.6. The fraction of sp³-hybridized carbons (Fsp3) is 0.889. The van der Waals surface area contributed by atoms with E-state index in [2.05, 4.69) is 5.32 Å². The van der Waals surface area contributed by atoms with Gasteiger partial charge in [-0.15, -0.1) is 0 Å². The topological polar surface area (TPSA) is 84.7 Å². The van der Waals surface area contributed by atoms with Gasteiger partial charge in [0.2, 0.25) is 5.91 Å². The summed E-state index contributed by atoms with van der Waals surface area (Å²) >= 11 is 0. The summed E-state index contributed by atoms with van der Waals surface area (Å²) < 4.78 is 5.53. The van der Waals surface area contributed by atoms with E-state index in [1.54, 1.807) is 4.90 Å². The van der Waals surface area contributed by atoms with E-state index in [0.29, 0.717) is 6.54 Å². The van der Waals surface area contributed by atoms with Gasteiger partial charge in [0.1, 0.15) is 5.60 Å². The number of hydrogen-bond acceptors (Lipinski definition) is 4. The summed E-state index contributed by atoms with van der Waals surface area (Å²) in [6, 6.07) is -0.630. The number of rotatable bonds is 5. The highest BCUT2D eigenvalue weighted by molar-refractivity contribution is 5.82. The third-order valence-electron chi connectivity index (χ3n) is 4.45. The maximum Gasteiger partial charge on any atom is 0.410 e. The van der Waals surface area contributed by atoms with Gasteiger partial charge in [-0.1, -0.05) is 26.7 Å². The molecule has 1 aliphatic rings. The molecule has 2 amide bonds. The molecule has 0 bridgehead atoms. The van der Waals surface area contributed by atoms with Crippen molar-refractivity contribution in [3.8, 4) is 0 Å². The standard InChI is InChI=1S/C18H35N3O3/c1-7-21(17(23)24-18(4,5)6)14-11-9-8-10-13(14)20-16(22)15(19)12(2)3/h12-15H,7-11,19H2,1-6H3,(H,20,22). The number of amides is 2. The van der Waals surface area contributed by atoms with Crippen molar-refractivity contribution in [1.82, 2.24) is 10.2 Å². The van der Waals surface area contributed by atoms with E-state index in [1.165, 1.54) is 0 Å². The van der Waals surface area contributed by atoms with Crippen molar-refractivity contribution in [2.45, 2.75) is 91.0 Å². The Kier molecular flexibility index (Phi) is 7.52. The molecular weight excluding hydrogens is 306 g/mol. The monoisotopic (exact) mass is 341 g/mol. The van der Waals surface area contributed by atoms with Crippen molar-refractivity contribution in [3.63, 3.8) is 0 Å². The molecule has 0 aromatic rings. The number of nitrogens with two attached hydrogens (primary N) is 1. The predicted molar refractivity (Wildman–Crippen MR) is 95.6 cm³/mol. The maximum atomic E-state index is 12.5. The lowest BCUT2D eigenvalue weighted by molar-refractivity contribution is -0.124. The van der Waals surface area contributed by atoms with E-state index in [9.17, 15) is 9.59 Å². The van der Waals surface area contributed by atoms with E-state index in [1.807, 2.05) is 41.5 Å². The van der Waals surface area contributed by atoms with Crippen LogP contribution in [0.25, 0.3) is 0 Å². The van der Waals surface area contributed by atoms with Crippen LogP contribution in [0.3, 0.4) is 0 Å². The molecule has 6 heteroatoms. The molecule has 0 radical (unpaired) electrons. The lowest BCUT2D eigenvalue weighted by Gasteiger charge is -2.40. The second kappa shape index (κ2) is 8.70. The van der Waals surface area contributed by atoms with Crippen molar-refractivity contribution in [3.05, 3.63) is 0 Å². The zero-order valence-electron chi connectivity index (χ0n) is 16.1. The van der Waals surface area contributed by atoms with Crippen LogP contribution in [0.4, 0.5) is 4.79 Å². The fourth-order valence-corrected chi connectivity index (χ4v) is 3.05. The van der Waals surface area contributed by atoms with Crippen molar-refractivity contribution in [1.29, 1.82) is 0 Å². The van der Waals surface area contributed by atoms with Crippen LogP contribution in [-0.2, 0) is 9.53 Å². The van der Waals surface area contributed by atoms with Gasteiger partial charge in [0.05, 0.1) is 12.1 Å². The molecule has 0 heterocycles. The summed E-state index contributed by atoms with van der Waals surface area (Å²) in [6.45, 7) is 11.9. The van der Waals surface area contributed by atoms with Crippen LogP contribution in [0.5, 0.6) is 0 Å². The van der Waals surface area contributed by atoms with Crippen LogP contribution in [0, 0.1) is 5.92 Å². The molecule has 1 aliphatic carbocycles. The molecule has 0 saturated heterocycles. The van der Waals surface area contributed by atoms with Crippen LogP contribution in [0.15, 0.2) is 0 Å². The second-order valence-electron chi connectivity index (χ2n) is 8.00. The van der Waals surface area contributed by atoms with E-state index in [4.69, 9.17) is 10.5 Å². The van der Waals surface area contributed by atoms with E-state index in [-0.39, 0.29) is 30.0 Å². The van der Waals surface area contributed by atoms with Crippen molar-refractivity contribution >= 4 is 12.0 Å². The first-order valence-corrected chi connectivity index (χ1v) is 9.12. The molecule has 3 unspecified atom stereocenters. The van der Waals surface area contributed by atoms with Crippen molar-refractivity contribution in [2.75, 3.05) is 6.54 Å². The number of nitrogens with one attached hydrogen (secondary N) is 1. The number of ether oxygens (including phenoxy) is 1. The third kappa shape index (κ3) is 5.96. The molecule has 6 nitrogen and oxygen atoms in total. The number of likely N-dealkylation sites (N-methyl/N-ethyl adjacent to an activating group) is 1. The SMILES string of the molecule is CCN(C(=O)OC(C)(C)C)C1CCCCC1NC(=O)C(N)C(C)C. The minimum Gasteiger partial charge on any atom is -0.444 e. The predicted octanol–water partition coefficient (Wildman–Crippen LogP) is 2.65. The minimum absolute atomic E-state index is 0.0399. The molecule has 1 saturated carbocycles. The van der Waals surface area contributed by atoms with Crippen molar-refractivity contribution < 1.29 is 14.3 Å². The van der Waals surface area contributed by atoms with E-state index >= 15 is 0 Å². The Morgan fingerprint density at radius 2 is 1.83 bits per heavy atom. The van der Waals surface area contributed by atoms with Gasteiger partial charge in [-0.2, -0.15) is 0 Å². The Morgan fingerprint density at radius 3 is 2.33 bits per heavy atom. The number of carbonyl (C=O) groups excluding carboxylic acids is 2. The van der Waals surface area contributed by atoms with Crippen molar-refractivity contribution in [2.24, 2.45) is 11.7 Å². The summed E-state index contributed by atoms with van der Waals surface area (Å²) in [6.07, 6.45) is 3.51. The Hall–Kier alpha value is -1.30. The summed E-state index contributed by atoms with van der Waals surface area (Å²) in [4.78, 5) is 26.6. The summed E-state index contributed by atoms with van der Waals surface area (Å²) in [7, 11) is 0. The molecule has 0 aromatic carbocycles. The highest BCUT2D eigenvalue weighted by Crippen LogP contribution is 2.25. The van der Waals surface area contributed by atoms with Crippen LogP contribution in [0.2, 0.25) is 0 Å². The average molecular weight is 341 g/mol. The van der Waals surface area contributed by atoms with Gasteiger partial charge in [0.25, 0.3) is 0 Å². The normalized spacial score (nSPS) is 22.8. The molecule has 0 aliphatic heterocycles. The van der Waals surface area contributed by atoms with Crippen LogP contribution >= 0.6 is 0 Å². The Labute approximate surface area is 146 Å². The minimum atomic E-state index is -0.530. The van der Waals surface area contributed by atoms with Crippen LogP contribution in [0.1, 0.15) is 67.2 Å². The molecule has 140 valence electrons. The lowest BCUT2D eigenvalue weighted by Crippen LogP contribution is -2.58. The molecule has 0 aromatic heterocycles. The van der Waals surface area contributed by atoms with Gasteiger partial charge in [0.15, 0.2) is 0 Å². The average Bonchev–Trinajstić information content (AvgIpc) is 2.46. The molecule has 3 N–H and O–H groups in total. The zero-order chi connectivity index (χ0) is 18.5. The van der Waals surface area contributed by atoms with E-state index < -0.39 is 11.6 Å². The zero-order valence-corrected chi connectivity index (χ0v) is 16.1. The quantitative estimate of drug-likeness (QED) is 0.805. The first-order chi connectivity index (χ1) is 11.1. The third-order valence-corrected chi connectivity index (χ3v) is 4.45. The summed E-state index contributed by atoms with van der Waals surface area (Å²) in [5.74, 6) is -0.0534. The summed E-state index contributed by atoms with van der Waals surface area (Å²) in [5.41, 5.74) is 5.43. The summed E-state index contributed by atoms with van der Waals surface area (Å²) in [5, 5.41) is 3.07. The molecule has 3 atom stereocenters. The van der Waals surface area contributed by atoms with E-state index in [0.717, 1.165) is 25.7 Å². The van der Waals surface area contributed by atoms with Crippen LogP contribution in [-0.4, -0.2) is 47.2 Å². The maximum absolute atomic E-state index is 12.5. The lowest BCUT2D eigenvalue weighted by atomic mass is 9.88. The van der Waals surface area contributed by atoms with Gasteiger partial charge in [-0.25, -0.2) is 4.79 Å². The number of hydrogen-bond donors (Lipinski definition) is 2. The first-order valence-electron chi connectivity index (χ1n) is 9.12. The van der Waals surface area contributed by atoms with Gasteiger partial charge in [-0.3, -0.25) is 4.79 Å². The molecule has 0 spiro atoms. The first kappa shape index (κ1) is 20.7. The fourth-order valence-electron chi connectivity index (χ4n) is 3.05. The molecule has 24 heavy (non-hydrogen) atoms. The van der Waals surface area contributed by atoms with Gasteiger partial charge in [0, 0.05) is 12.6 Å². The number of carbonyl (C=O) groups is 2. The highest BCUT2D eigenvalue weighted by Gasteiger charge is 2.36. The van der Waals surface area contributed by atoms with Gasteiger partial charge in [-0.05, 0) is 46.5 Å². The molecule has 1 rings (SSSR count). The Bertz CT molecular complexity index is 432.